The third-order valence-electron chi connectivity index (χ3n) is 8.54. The highest BCUT2D eigenvalue weighted by atomic mass is 79.9. The third-order valence-corrected chi connectivity index (χ3v) is 9.64. The molecule has 1 spiro atoms. The van der Waals surface area contributed by atoms with Crippen molar-refractivity contribution in [3.8, 4) is 0 Å². The van der Waals surface area contributed by atoms with Crippen LogP contribution < -0.4 is 10.6 Å². The third kappa shape index (κ3) is 4.88. The number of hydrogen-bond acceptors (Lipinski definition) is 5. The number of rotatable bonds is 9. The van der Waals surface area contributed by atoms with Crippen LogP contribution in [0.4, 0.5) is 5.69 Å². The van der Waals surface area contributed by atoms with Gasteiger partial charge in [0.15, 0.2) is 0 Å². The molecule has 10 heteroatoms. The molecule has 0 radical (unpaired) electrons. The highest BCUT2D eigenvalue weighted by molar-refractivity contribution is 9.09. The Balaban J connectivity index is 1.50. The molecule has 3 N–H and O–H groups in total. The van der Waals surface area contributed by atoms with Gasteiger partial charge in [0.25, 0.3) is 0 Å². The van der Waals surface area contributed by atoms with E-state index in [1.54, 1.807) is 24.3 Å². The largest absolute Gasteiger partial charge is 0.394 e. The van der Waals surface area contributed by atoms with Crippen molar-refractivity contribution in [2.24, 2.45) is 17.8 Å². The van der Waals surface area contributed by atoms with E-state index in [9.17, 15) is 19.5 Å². The molecule has 8 atom stereocenters. The molecule has 0 aromatic heterocycles. The van der Waals surface area contributed by atoms with Gasteiger partial charge in [0.05, 0.1) is 30.6 Å². The smallest absolute Gasteiger partial charge is 0.250 e. The molecular formula is C29H33BrClN3O5. The Morgan fingerprint density at radius 3 is 2.51 bits per heavy atom. The van der Waals surface area contributed by atoms with Crippen molar-refractivity contribution in [2.45, 2.75) is 61.8 Å². The maximum atomic E-state index is 14.2. The fourth-order valence-corrected chi connectivity index (χ4v) is 7.55. The molecule has 3 amide bonds. The predicted octanol–water partition coefficient (Wildman–Crippen LogP) is 3.75. The van der Waals surface area contributed by atoms with E-state index < -0.39 is 41.5 Å². The van der Waals surface area contributed by atoms with Crippen LogP contribution in [0.2, 0.25) is 5.02 Å². The average molecular weight is 619 g/mol. The van der Waals surface area contributed by atoms with Crippen LogP contribution in [0.15, 0.2) is 54.6 Å². The van der Waals surface area contributed by atoms with Gasteiger partial charge in [-0.3, -0.25) is 14.4 Å². The first-order chi connectivity index (χ1) is 18.7. The Labute approximate surface area is 241 Å². The van der Waals surface area contributed by atoms with Gasteiger partial charge < -0.3 is 25.4 Å². The highest BCUT2D eigenvalue weighted by Crippen LogP contribution is 2.60. The summed E-state index contributed by atoms with van der Waals surface area (Å²) in [7, 11) is 0. The lowest BCUT2D eigenvalue weighted by molar-refractivity contribution is -0.145. The zero-order valence-corrected chi connectivity index (χ0v) is 24.2. The zero-order valence-electron chi connectivity index (χ0n) is 21.8. The molecule has 3 saturated heterocycles. The molecule has 2 bridgehead atoms. The van der Waals surface area contributed by atoms with Gasteiger partial charge in [-0.05, 0) is 42.2 Å². The minimum Gasteiger partial charge on any atom is -0.394 e. The van der Waals surface area contributed by atoms with Crippen LogP contribution in [0.1, 0.15) is 32.3 Å². The van der Waals surface area contributed by atoms with Crippen molar-refractivity contribution < 1.29 is 24.2 Å². The van der Waals surface area contributed by atoms with E-state index in [1.807, 2.05) is 44.2 Å². The van der Waals surface area contributed by atoms with Crippen LogP contribution in [0.3, 0.4) is 0 Å². The van der Waals surface area contributed by atoms with Gasteiger partial charge in [-0.2, -0.15) is 0 Å². The monoisotopic (exact) mass is 617 g/mol. The van der Waals surface area contributed by atoms with Gasteiger partial charge in [-0.15, -0.1) is 0 Å². The van der Waals surface area contributed by atoms with Crippen molar-refractivity contribution in [3.63, 3.8) is 0 Å². The topological polar surface area (TPSA) is 108 Å². The lowest BCUT2D eigenvalue weighted by Gasteiger charge is -2.38. The molecule has 5 rings (SSSR count). The number of anilines is 1. The molecule has 208 valence electrons. The summed E-state index contributed by atoms with van der Waals surface area (Å²) in [5.41, 5.74) is 0.264. The fraction of sp³-hybridized carbons (Fsp3) is 0.483. The van der Waals surface area contributed by atoms with E-state index in [4.69, 9.17) is 16.3 Å². The number of aliphatic hydroxyl groups is 1. The van der Waals surface area contributed by atoms with Crippen LogP contribution in [0.25, 0.3) is 0 Å². The SMILES string of the molecule is CC[C@H](C)[C@H](CO)N1C(=O)[C@@H]2[C@H](C(=O)NCc3ccccc3)[C@H]3OC2(CC3Br)C1C(=O)Nc1ccc(Cl)cc1. The Morgan fingerprint density at radius 2 is 1.87 bits per heavy atom. The molecule has 3 aliphatic heterocycles. The summed E-state index contributed by atoms with van der Waals surface area (Å²) in [5.74, 6) is -2.72. The van der Waals surface area contributed by atoms with E-state index in [2.05, 4.69) is 26.6 Å². The quantitative estimate of drug-likeness (QED) is 0.371. The number of nitrogens with one attached hydrogen (secondary N) is 2. The molecule has 2 aromatic carbocycles. The second-order valence-corrected chi connectivity index (χ2v) is 12.4. The maximum absolute atomic E-state index is 14.2. The summed E-state index contributed by atoms with van der Waals surface area (Å²) < 4.78 is 6.55. The average Bonchev–Trinajstić information content (AvgIpc) is 3.53. The van der Waals surface area contributed by atoms with Gasteiger partial charge in [0, 0.05) is 22.1 Å². The first kappa shape index (κ1) is 28.1. The Morgan fingerprint density at radius 1 is 1.18 bits per heavy atom. The zero-order chi connectivity index (χ0) is 27.9. The van der Waals surface area contributed by atoms with E-state index >= 15 is 0 Å². The minimum atomic E-state index is -1.21. The summed E-state index contributed by atoms with van der Waals surface area (Å²) >= 11 is 9.71. The number of likely N-dealkylation sites (tertiary alicyclic amines) is 1. The summed E-state index contributed by atoms with van der Waals surface area (Å²) in [6, 6.07) is 14.6. The number of alkyl halides is 1. The van der Waals surface area contributed by atoms with Gasteiger partial charge >= 0.3 is 0 Å². The minimum absolute atomic E-state index is 0.0812. The van der Waals surface area contributed by atoms with Crippen molar-refractivity contribution in [1.29, 1.82) is 0 Å². The van der Waals surface area contributed by atoms with Crippen LogP contribution in [0.5, 0.6) is 0 Å². The first-order valence-corrected chi connectivity index (χ1v) is 14.6. The summed E-state index contributed by atoms with van der Waals surface area (Å²) in [6.07, 6.45) is 0.535. The molecule has 8 nitrogen and oxygen atoms in total. The molecule has 3 aliphatic rings. The summed E-state index contributed by atoms with van der Waals surface area (Å²) in [5, 5.41) is 16.9. The molecular weight excluding hydrogens is 586 g/mol. The summed E-state index contributed by atoms with van der Waals surface area (Å²) in [6.45, 7) is 3.94. The first-order valence-electron chi connectivity index (χ1n) is 13.3. The second-order valence-electron chi connectivity index (χ2n) is 10.7. The number of amides is 3. The van der Waals surface area contributed by atoms with Crippen molar-refractivity contribution >= 4 is 50.9 Å². The normalized spacial score (nSPS) is 30.6. The predicted molar refractivity (Wildman–Crippen MR) is 151 cm³/mol. The molecule has 3 heterocycles. The standard InChI is InChI=1S/C29H33BrClN3O5/c1-3-16(2)21(15-35)34-25(27(37)33-19-11-9-18(31)10-12-19)29-13-20(30)24(39-29)22(23(29)28(34)38)26(36)32-14-17-7-5-4-6-8-17/h4-12,16,20-25,35H,3,13-15H2,1-2H3,(H,32,36)(H,33,37)/t16-,20?,21-,22-,23-,24-,25?,29?/m0/s1. The van der Waals surface area contributed by atoms with E-state index in [-0.39, 0.29) is 29.2 Å². The van der Waals surface area contributed by atoms with Gasteiger partial charge in [-0.25, -0.2) is 0 Å². The van der Waals surface area contributed by atoms with Gasteiger partial charge in [0.2, 0.25) is 17.7 Å². The maximum Gasteiger partial charge on any atom is 0.250 e. The molecule has 39 heavy (non-hydrogen) atoms. The number of hydrogen-bond donors (Lipinski definition) is 3. The number of nitrogens with zero attached hydrogens (tertiary/aromatic N) is 1. The molecule has 3 unspecified atom stereocenters. The lowest BCUT2D eigenvalue weighted by atomic mass is 9.70. The van der Waals surface area contributed by atoms with E-state index in [1.165, 1.54) is 4.90 Å². The van der Waals surface area contributed by atoms with Crippen LogP contribution in [0, 0.1) is 17.8 Å². The summed E-state index contributed by atoms with van der Waals surface area (Å²) in [4.78, 5) is 43.2. The Bertz CT molecular complexity index is 1230. The van der Waals surface area contributed by atoms with Crippen molar-refractivity contribution in [3.05, 3.63) is 65.2 Å². The number of fused-ring (bicyclic) bond motifs is 1. The highest BCUT2D eigenvalue weighted by Gasteiger charge is 2.77. The number of ether oxygens (including phenoxy) is 1. The molecule has 0 saturated carbocycles. The van der Waals surface area contributed by atoms with Gasteiger partial charge in [0.1, 0.15) is 11.6 Å². The number of carbonyl (C=O) groups is 3. The fourth-order valence-electron chi connectivity index (χ4n) is 6.49. The Hall–Kier alpha value is -2.46. The van der Waals surface area contributed by atoms with Crippen LogP contribution in [-0.4, -0.2) is 63.0 Å². The van der Waals surface area contributed by atoms with Crippen LogP contribution in [-0.2, 0) is 25.7 Å². The number of carbonyl (C=O) groups excluding carboxylic acids is 3. The van der Waals surface area contributed by atoms with Gasteiger partial charge in [-0.1, -0.05) is 78.1 Å². The number of halogens is 2. The van der Waals surface area contributed by atoms with Crippen molar-refractivity contribution in [1.82, 2.24) is 10.2 Å². The molecule has 0 aliphatic carbocycles. The molecule has 2 aromatic rings. The van der Waals surface area contributed by atoms with Crippen LogP contribution >= 0.6 is 27.5 Å². The molecule has 3 fully saturated rings. The lowest BCUT2D eigenvalue weighted by Crippen LogP contribution is -2.57. The Kier molecular flexibility index (Phi) is 8.06. The van der Waals surface area contributed by atoms with E-state index in [0.717, 1.165) is 5.56 Å². The number of benzene rings is 2. The van der Waals surface area contributed by atoms with Crippen molar-refractivity contribution in [2.75, 3.05) is 11.9 Å². The van der Waals surface area contributed by atoms with E-state index in [0.29, 0.717) is 30.1 Å². The number of aliphatic hydroxyl groups excluding tert-OH is 1. The second kappa shape index (κ2) is 11.2.